The van der Waals surface area contributed by atoms with Gasteiger partial charge in [0.2, 0.25) is 5.82 Å². The lowest BCUT2D eigenvalue weighted by Crippen LogP contribution is -2.34. The maximum atomic E-state index is 12.5. The SMILES string of the molecule is O=C(NC(C(=O)O)c1ccc2c(c1)CCO2)c1cnc(C(F)(F)F)nc1. The van der Waals surface area contributed by atoms with Crippen LogP contribution in [0.1, 0.15) is 33.4 Å². The molecule has 1 aliphatic heterocycles. The molecular weight excluding hydrogens is 355 g/mol. The van der Waals surface area contributed by atoms with Gasteiger partial charge in [-0.25, -0.2) is 14.8 Å². The first-order valence-electron chi connectivity index (χ1n) is 7.44. The second-order valence-corrected chi connectivity index (χ2v) is 5.50. The van der Waals surface area contributed by atoms with Crippen LogP contribution in [0, 0.1) is 0 Å². The fraction of sp³-hybridized carbons (Fsp3) is 0.250. The number of hydrogen-bond donors (Lipinski definition) is 2. The average Bonchev–Trinajstić information content (AvgIpc) is 3.06. The van der Waals surface area contributed by atoms with Crippen LogP contribution in [-0.2, 0) is 17.4 Å². The van der Waals surface area contributed by atoms with Gasteiger partial charge in [-0.05, 0) is 23.3 Å². The summed E-state index contributed by atoms with van der Waals surface area (Å²) in [7, 11) is 0. The van der Waals surface area contributed by atoms with E-state index in [1.165, 1.54) is 6.07 Å². The Morgan fingerprint density at radius 3 is 2.54 bits per heavy atom. The average molecular weight is 367 g/mol. The second kappa shape index (κ2) is 6.62. The van der Waals surface area contributed by atoms with Crippen molar-refractivity contribution >= 4 is 11.9 Å². The monoisotopic (exact) mass is 367 g/mol. The van der Waals surface area contributed by atoms with Crippen molar-refractivity contribution in [1.82, 2.24) is 15.3 Å². The molecule has 7 nitrogen and oxygen atoms in total. The van der Waals surface area contributed by atoms with Gasteiger partial charge in [0.25, 0.3) is 5.91 Å². The molecule has 1 aromatic heterocycles. The van der Waals surface area contributed by atoms with E-state index in [9.17, 15) is 27.9 Å². The molecule has 136 valence electrons. The van der Waals surface area contributed by atoms with Crippen LogP contribution in [0.3, 0.4) is 0 Å². The normalized spacial score (nSPS) is 14.3. The molecule has 1 amide bonds. The highest BCUT2D eigenvalue weighted by atomic mass is 19.4. The molecule has 26 heavy (non-hydrogen) atoms. The van der Waals surface area contributed by atoms with Gasteiger partial charge in [0.05, 0.1) is 12.2 Å². The van der Waals surface area contributed by atoms with E-state index < -0.39 is 29.9 Å². The molecule has 0 spiro atoms. The number of carboxylic acids is 1. The molecule has 2 N–H and O–H groups in total. The zero-order valence-corrected chi connectivity index (χ0v) is 13.1. The standard InChI is InChI=1S/C16H12F3N3O4/c17-16(18,19)15-20-6-10(7-21-15)13(23)22-12(14(24)25)9-1-2-11-8(5-9)3-4-26-11/h1-2,5-7,12H,3-4H2,(H,22,23)(H,24,25). The van der Waals surface area contributed by atoms with E-state index in [-0.39, 0.29) is 5.56 Å². The van der Waals surface area contributed by atoms with Gasteiger partial charge in [-0.1, -0.05) is 6.07 Å². The van der Waals surface area contributed by atoms with Crippen molar-refractivity contribution in [2.75, 3.05) is 6.61 Å². The van der Waals surface area contributed by atoms with Crippen molar-refractivity contribution in [3.8, 4) is 5.75 Å². The van der Waals surface area contributed by atoms with E-state index >= 15 is 0 Å². The van der Waals surface area contributed by atoms with Crippen molar-refractivity contribution in [1.29, 1.82) is 0 Å². The number of alkyl halides is 3. The van der Waals surface area contributed by atoms with Crippen molar-refractivity contribution in [3.63, 3.8) is 0 Å². The third kappa shape index (κ3) is 3.58. The zero-order valence-electron chi connectivity index (χ0n) is 13.1. The maximum absolute atomic E-state index is 12.5. The Hall–Kier alpha value is -3.17. The van der Waals surface area contributed by atoms with Crippen LogP contribution >= 0.6 is 0 Å². The van der Waals surface area contributed by atoms with E-state index in [0.29, 0.717) is 36.7 Å². The number of halogens is 3. The Balaban J connectivity index is 1.80. The molecule has 3 rings (SSSR count). The molecule has 0 saturated carbocycles. The summed E-state index contributed by atoms with van der Waals surface area (Å²) in [5.41, 5.74) is 0.859. The Bertz CT molecular complexity index is 853. The number of carboxylic acid groups (broad SMARTS) is 1. The van der Waals surface area contributed by atoms with Crippen molar-refractivity contribution in [2.24, 2.45) is 0 Å². The van der Waals surface area contributed by atoms with Crippen LogP contribution < -0.4 is 10.1 Å². The molecule has 0 aliphatic carbocycles. The van der Waals surface area contributed by atoms with Crippen molar-refractivity contribution in [2.45, 2.75) is 18.6 Å². The molecule has 1 aliphatic rings. The Morgan fingerprint density at radius 1 is 1.23 bits per heavy atom. The number of hydrogen-bond acceptors (Lipinski definition) is 5. The Morgan fingerprint density at radius 2 is 1.92 bits per heavy atom. The molecule has 2 aromatic rings. The van der Waals surface area contributed by atoms with E-state index in [0.717, 1.165) is 5.56 Å². The second-order valence-electron chi connectivity index (χ2n) is 5.50. The summed E-state index contributed by atoms with van der Waals surface area (Å²) in [6.45, 7) is 0.492. The topological polar surface area (TPSA) is 101 Å². The number of carbonyl (C=O) groups excluding carboxylic acids is 1. The highest BCUT2D eigenvalue weighted by molar-refractivity contribution is 5.96. The number of ether oxygens (including phenoxy) is 1. The summed E-state index contributed by atoms with van der Waals surface area (Å²) in [5, 5.41) is 11.7. The van der Waals surface area contributed by atoms with Gasteiger partial charge in [-0.2, -0.15) is 13.2 Å². The van der Waals surface area contributed by atoms with Gasteiger partial charge in [0.15, 0.2) is 6.04 Å². The first-order valence-corrected chi connectivity index (χ1v) is 7.44. The molecule has 0 saturated heterocycles. The minimum Gasteiger partial charge on any atom is -0.493 e. The number of fused-ring (bicyclic) bond motifs is 1. The van der Waals surface area contributed by atoms with Gasteiger partial charge in [-0.3, -0.25) is 4.79 Å². The molecule has 0 fully saturated rings. The molecule has 1 unspecified atom stereocenters. The zero-order chi connectivity index (χ0) is 18.9. The van der Waals surface area contributed by atoms with E-state index in [2.05, 4.69) is 15.3 Å². The van der Waals surface area contributed by atoms with Gasteiger partial charge < -0.3 is 15.2 Å². The third-order valence-electron chi connectivity index (χ3n) is 3.74. The minimum atomic E-state index is -4.73. The van der Waals surface area contributed by atoms with Crippen LogP contribution in [0.15, 0.2) is 30.6 Å². The van der Waals surface area contributed by atoms with Crippen molar-refractivity contribution in [3.05, 3.63) is 53.1 Å². The minimum absolute atomic E-state index is 0.284. The predicted molar refractivity (Wildman–Crippen MR) is 80.5 cm³/mol. The van der Waals surface area contributed by atoms with E-state index in [1.807, 2.05) is 0 Å². The molecule has 0 radical (unpaired) electrons. The largest absolute Gasteiger partial charge is 0.493 e. The van der Waals surface area contributed by atoms with Crippen LogP contribution in [0.2, 0.25) is 0 Å². The summed E-state index contributed by atoms with van der Waals surface area (Å²) >= 11 is 0. The first-order chi connectivity index (χ1) is 12.3. The van der Waals surface area contributed by atoms with Gasteiger partial charge in [-0.15, -0.1) is 0 Å². The number of aromatic nitrogens is 2. The fourth-order valence-electron chi connectivity index (χ4n) is 2.48. The van der Waals surface area contributed by atoms with E-state index in [4.69, 9.17) is 4.74 Å². The van der Waals surface area contributed by atoms with Crippen LogP contribution in [0.5, 0.6) is 5.75 Å². The number of carbonyl (C=O) groups is 2. The summed E-state index contributed by atoms with van der Waals surface area (Å²) in [6, 6.07) is 3.36. The lowest BCUT2D eigenvalue weighted by Gasteiger charge is -2.16. The number of nitrogens with zero attached hydrogens (tertiary/aromatic N) is 2. The molecule has 1 aromatic carbocycles. The quantitative estimate of drug-likeness (QED) is 0.857. The lowest BCUT2D eigenvalue weighted by molar-refractivity contribution is -0.145. The fourth-order valence-corrected chi connectivity index (χ4v) is 2.48. The maximum Gasteiger partial charge on any atom is 0.451 e. The number of aliphatic carboxylic acids is 1. The van der Waals surface area contributed by atoms with Gasteiger partial charge in [0, 0.05) is 18.8 Å². The van der Waals surface area contributed by atoms with Gasteiger partial charge >= 0.3 is 12.1 Å². The lowest BCUT2D eigenvalue weighted by atomic mass is 10.0. The van der Waals surface area contributed by atoms with E-state index in [1.54, 1.807) is 12.1 Å². The molecule has 2 heterocycles. The summed E-state index contributed by atoms with van der Waals surface area (Å²) in [4.78, 5) is 29.9. The number of benzene rings is 1. The summed E-state index contributed by atoms with van der Waals surface area (Å²) in [6.07, 6.45) is -2.72. The Kier molecular flexibility index (Phi) is 4.49. The predicted octanol–water partition coefficient (Wildman–Crippen LogP) is 1.99. The molecule has 1 atom stereocenters. The highest BCUT2D eigenvalue weighted by Gasteiger charge is 2.34. The summed E-state index contributed by atoms with van der Waals surface area (Å²) in [5.74, 6) is -2.95. The number of rotatable bonds is 4. The number of amides is 1. The molecular formula is C16H12F3N3O4. The smallest absolute Gasteiger partial charge is 0.451 e. The van der Waals surface area contributed by atoms with Crippen LogP contribution in [0.25, 0.3) is 0 Å². The number of nitrogens with one attached hydrogen (secondary N) is 1. The summed E-state index contributed by atoms with van der Waals surface area (Å²) < 4.78 is 42.7. The van der Waals surface area contributed by atoms with Crippen molar-refractivity contribution < 1.29 is 32.6 Å². The van der Waals surface area contributed by atoms with Gasteiger partial charge in [0.1, 0.15) is 5.75 Å². The first kappa shape index (κ1) is 17.6. The van der Waals surface area contributed by atoms with Crippen LogP contribution in [-0.4, -0.2) is 33.6 Å². The molecule has 10 heteroatoms. The third-order valence-corrected chi connectivity index (χ3v) is 3.74. The highest BCUT2D eigenvalue weighted by Crippen LogP contribution is 2.29. The Labute approximate surface area is 144 Å². The van der Waals surface area contributed by atoms with Crippen LogP contribution in [0.4, 0.5) is 13.2 Å². The molecule has 0 bridgehead atoms.